The fourth-order valence-electron chi connectivity index (χ4n) is 1.61. The van der Waals surface area contributed by atoms with Crippen molar-refractivity contribution in [1.29, 1.82) is 0 Å². The molecule has 0 radical (unpaired) electrons. The molecule has 2 aromatic carbocycles. The molecule has 0 saturated carbocycles. The maximum atomic E-state index is 11.4. The van der Waals surface area contributed by atoms with Gasteiger partial charge < -0.3 is 4.55 Å². The molecule has 0 aliphatic rings. The lowest BCUT2D eigenvalue weighted by Gasteiger charge is -2.26. The number of rotatable bonds is 3. The molecule has 0 fully saturated rings. The Morgan fingerprint density at radius 2 is 1.58 bits per heavy atom. The Bertz CT molecular complexity index is 617. The second kappa shape index (κ2) is 5.92. The first-order valence-electron chi connectivity index (χ1n) is 5.40. The lowest BCUT2D eigenvalue weighted by molar-refractivity contribution is 0.537. The van der Waals surface area contributed by atoms with Crippen LogP contribution in [0.5, 0.6) is 0 Å². The van der Waals surface area contributed by atoms with Gasteiger partial charge in [0.1, 0.15) is 0 Å². The molecule has 0 saturated heterocycles. The van der Waals surface area contributed by atoms with E-state index in [4.69, 9.17) is 23.2 Å². The number of halogens is 2. The van der Waals surface area contributed by atoms with Gasteiger partial charge in [0.05, 0.1) is 32.7 Å². The van der Waals surface area contributed by atoms with Crippen LogP contribution in [-0.2, 0) is 11.3 Å². The average molecular weight is 315 g/mol. The maximum Gasteiger partial charge on any atom is 0.0613 e. The molecular formula is C13H10Cl2NO2S-. The van der Waals surface area contributed by atoms with E-state index in [0.717, 1.165) is 9.87 Å². The normalized spacial score (nSPS) is 12.2. The van der Waals surface area contributed by atoms with Gasteiger partial charge in [0, 0.05) is 0 Å². The average Bonchev–Trinajstić information content (AvgIpc) is 2.36. The molecular weight excluding hydrogens is 305 g/mol. The molecule has 19 heavy (non-hydrogen) atoms. The standard InChI is InChI=1S/C13H11Cl2NO2S/c1-9-2-4-10(5-3-9)16(19(17)18)11-6-7-12(14)13(15)8-11/h2-8H,1H3,(H,17,18)/p-1. The van der Waals surface area contributed by atoms with E-state index in [1.807, 2.05) is 19.1 Å². The second-order valence-electron chi connectivity index (χ2n) is 3.95. The topological polar surface area (TPSA) is 43.4 Å². The van der Waals surface area contributed by atoms with Crippen LogP contribution in [0.2, 0.25) is 10.0 Å². The van der Waals surface area contributed by atoms with Gasteiger partial charge in [-0.15, -0.1) is 0 Å². The van der Waals surface area contributed by atoms with Gasteiger partial charge >= 0.3 is 0 Å². The minimum atomic E-state index is -2.45. The fraction of sp³-hybridized carbons (Fsp3) is 0.0769. The highest BCUT2D eigenvalue weighted by molar-refractivity contribution is 7.81. The van der Waals surface area contributed by atoms with Crippen LogP contribution in [0, 0.1) is 6.92 Å². The highest BCUT2D eigenvalue weighted by Gasteiger charge is 2.11. The van der Waals surface area contributed by atoms with Crippen LogP contribution in [0.1, 0.15) is 5.56 Å². The van der Waals surface area contributed by atoms with E-state index in [1.54, 1.807) is 24.3 Å². The Hall–Kier alpha value is -1.07. The van der Waals surface area contributed by atoms with Crippen molar-refractivity contribution in [2.45, 2.75) is 6.92 Å². The summed E-state index contributed by atoms with van der Waals surface area (Å²) in [6, 6.07) is 11.8. The van der Waals surface area contributed by atoms with E-state index in [9.17, 15) is 8.76 Å². The Balaban J connectivity index is 2.48. The summed E-state index contributed by atoms with van der Waals surface area (Å²) in [7, 11) is 0. The monoisotopic (exact) mass is 314 g/mol. The van der Waals surface area contributed by atoms with Crippen molar-refractivity contribution in [1.82, 2.24) is 0 Å². The molecule has 0 aliphatic heterocycles. The quantitative estimate of drug-likeness (QED) is 0.795. The fourth-order valence-corrected chi connectivity index (χ4v) is 2.48. The van der Waals surface area contributed by atoms with E-state index in [-0.39, 0.29) is 0 Å². The largest absolute Gasteiger partial charge is 0.755 e. The van der Waals surface area contributed by atoms with Crippen molar-refractivity contribution in [2.24, 2.45) is 0 Å². The predicted molar refractivity (Wildman–Crippen MR) is 78.7 cm³/mol. The third-order valence-electron chi connectivity index (χ3n) is 2.56. The first-order valence-corrected chi connectivity index (χ1v) is 7.19. The third kappa shape index (κ3) is 3.28. The SMILES string of the molecule is Cc1ccc(N(c2ccc(Cl)c(Cl)c2)S(=O)[O-])cc1. The molecule has 6 heteroatoms. The molecule has 0 aromatic heterocycles. The molecule has 0 N–H and O–H groups in total. The number of hydrogen-bond acceptors (Lipinski definition) is 2. The number of benzene rings is 2. The molecule has 1 atom stereocenters. The van der Waals surface area contributed by atoms with Gasteiger partial charge in [0.2, 0.25) is 0 Å². The van der Waals surface area contributed by atoms with Gasteiger partial charge in [-0.25, -0.2) is 0 Å². The maximum absolute atomic E-state index is 11.4. The summed E-state index contributed by atoms with van der Waals surface area (Å²) in [5, 5.41) is 0.688. The molecule has 0 aliphatic carbocycles. The lowest BCUT2D eigenvalue weighted by Crippen LogP contribution is -2.19. The Labute approximate surface area is 124 Å². The highest BCUT2D eigenvalue weighted by atomic mass is 35.5. The molecule has 0 spiro atoms. The minimum absolute atomic E-state index is 0.307. The van der Waals surface area contributed by atoms with Crippen LogP contribution in [-0.4, -0.2) is 8.76 Å². The predicted octanol–water partition coefficient (Wildman–Crippen LogP) is 4.23. The summed E-state index contributed by atoms with van der Waals surface area (Å²) in [5.74, 6) is 0. The second-order valence-corrected chi connectivity index (χ2v) is 5.56. The summed E-state index contributed by atoms with van der Waals surface area (Å²) >= 11 is 9.30. The Morgan fingerprint density at radius 1 is 1.00 bits per heavy atom. The van der Waals surface area contributed by atoms with Crippen LogP contribution in [0.25, 0.3) is 0 Å². The third-order valence-corrected chi connectivity index (χ3v) is 4.01. The van der Waals surface area contributed by atoms with Crippen LogP contribution in [0.15, 0.2) is 42.5 Å². The zero-order valence-electron chi connectivity index (χ0n) is 9.97. The van der Waals surface area contributed by atoms with E-state index < -0.39 is 11.3 Å². The van der Waals surface area contributed by atoms with E-state index in [2.05, 4.69) is 0 Å². The van der Waals surface area contributed by atoms with Gasteiger partial charge in [0.25, 0.3) is 0 Å². The van der Waals surface area contributed by atoms with Gasteiger partial charge in [-0.3, -0.25) is 8.51 Å². The van der Waals surface area contributed by atoms with E-state index in [1.165, 1.54) is 6.07 Å². The van der Waals surface area contributed by atoms with Gasteiger partial charge in [-0.1, -0.05) is 40.9 Å². The Kier molecular flexibility index (Phi) is 4.47. The van der Waals surface area contributed by atoms with Crippen LogP contribution < -0.4 is 4.31 Å². The van der Waals surface area contributed by atoms with E-state index >= 15 is 0 Å². The molecule has 0 bridgehead atoms. The summed E-state index contributed by atoms with van der Waals surface area (Å²) in [6.07, 6.45) is 0. The van der Waals surface area contributed by atoms with Crippen molar-refractivity contribution in [3.63, 3.8) is 0 Å². The van der Waals surface area contributed by atoms with E-state index in [0.29, 0.717) is 21.4 Å². The zero-order chi connectivity index (χ0) is 14.0. The Morgan fingerprint density at radius 3 is 2.11 bits per heavy atom. The molecule has 2 aromatic rings. The number of anilines is 2. The summed E-state index contributed by atoms with van der Waals surface area (Å²) < 4.78 is 24.0. The van der Waals surface area contributed by atoms with Crippen LogP contribution >= 0.6 is 23.2 Å². The molecule has 2 rings (SSSR count). The first kappa shape index (κ1) is 14.3. The number of nitrogens with zero attached hydrogens (tertiary/aromatic N) is 1. The lowest BCUT2D eigenvalue weighted by atomic mass is 10.2. The zero-order valence-corrected chi connectivity index (χ0v) is 12.3. The van der Waals surface area contributed by atoms with Crippen molar-refractivity contribution < 1.29 is 8.76 Å². The van der Waals surface area contributed by atoms with Gasteiger partial charge in [-0.05, 0) is 37.3 Å². The van der Waals surface area contributed by atoms with Crippen LogP contribution in [0.3, 0.4) is 0 Å². The number of aryl methyl sites for hydroxylation is 1. The molecule has 100 valence electrons. The molecule has 0 heterocycles. The highest BCUT2D eigenvalue weighted by Crippen LogP contribution is 2.32. The smallest absolute Gasteiger partial charge is 0.0613 e. The number of hydrogen-bond donors (Lipinski definition) is 0. The van der Waals surface area contributed by atoms with Gasteiger partial charge in [-0.2, -0.15) is 0 Å². The molecule has 0 amide bonds. The molecule has 3 nitrogen and oxygen atoms in total. The van der Waals surface area contributed by atoms with Crippen molar-refractivity contribution >= 4 is 45.8 Å². The first-order chi connectivity index (χ1) is 8.99. The van der Waals surface area contributed by atoms with Crippen molar-refractivity contribution in [3.8, 4) is 0 Å². The minimum Gasteiger partial charge on any atom is -0.755 e. The summed E-state index contributed by atoms with van der Waals surface area (Å²) in [5.41, 5.74) is 2.03. The summed E-state index contributed by atoms with van der Waals surface area (Å²) in [6.45, 7) is 1.93. The summed E-state index contributed by atoms with van der Waals surface area (Å²) in [4.78, 5) is 0. The van der Waals surface area contributed by atoms with Crippen molar-refractivity contribution in [2.75, 3.05) is 4.31 Å². The van der Waals surface area contributed by atoms with Crippen LogP contribution in [0.4, 0.5) is 11.4 Å². The molecule has 1 unspecified atom stereocenters. The van der Waals surface area contributed by atoms with Gasteiger partial charge in [0.15, 0.2) is 0 Å². The van der Waals surface area contributed by atoms with Crippen molar-refractivity contribution in [3.05, 3.63) is 58.1 Å².